The van der Waals surface area contributed by atoms with E-state index in [1.807, 2.05) is 0 Å². The molecule has 0 aromatic heterocycles. The van der Waals surface area contributed by atoms with Crippen molar-refractivity contribution < 1.29 is 71.0 Å². The molecule has 1 aromatic rings. The van der Waals surface area contributed by atoms with Crippen molar-refractivity contribution in [3.05, 3.63) is 35.4 Å². The summed E-state index contributed by atoms with van der Waals surface area (Å²) in [6.45, 7) is 3.27. The molecule has 0 amide bonds. The van der Waals surface area contributed by atoms with Crippen LogP contribution in [-0.4, -0.2) is 46.8 Å². The molecule has 0 aliphatic heterocycles. The van der Waals surface area contributed by atoms with Crippen LogP contribution in [0.5, 0.6) is 0 Å². The van der Waals surface area contributed by atoms with E-state index in [2.05, 4.69) is 0 Å². The van der Waals surface area contributed by atoms with Gasteiger partial charge in [0.25, 0.3) is 0 Å². The lowest BCUT2D eigenvalue weighted by Crippen LogP contribution is -2.72. The minimum Gasteiger partial charge on any atom is -0.388 e. The molecule has 16 heteroatoms. The van der Waals surface area contributed by atoms with E-state index >= 15 is 0 Å². The van der Waals surface area contributed by atoms with E-state index in [0.717, 1.165) is 18.2 Å². The lowest BCUT2D eigenvalue weighted by molar-refractivity contribution is -0.453. The molecule has 0 saturated heterocycles. The summed E-state index contributed by atoms with van der Waals surface area (Å²) < 4.78 is 199. The average molecular weight is 546 g/mol. The summed E-state index contributed by atoms with van der Waals surface area (Å²) in [6, 6.07) is 4.33. The van der Waals surface area contributed by atoms with Crippen LogP contribution in [0.3, 0.4) is 0 Å². The minimum atomic E-state index is -8.34. The molecule has 1 rings (SSSR count). The van der Waals surface area contributed by atoms with Crippen LogP contribution in [0.1, 0.15) is 49.8 Å². The topological polar surface area (TPSA) is 20.2 Å². The maximum absolute atomic E-state index is 14.0. The molecule has 0 fully saturated rings. The summed E-state index contributed by atoms with van der Waals surface area (Å²) in [7, 11) is 0. The lowest BCUT2D eigenvalue weighted by Gasteiger charge is -2.41. The summed E-state index contributed by atoms with van der Waals surface area (Å²) in [5.41, 5.74) is -0.271. The second-order valence-electron chi connectivity index (χ2n) is 7.77. The predicted octanol–water partition coefficient (Wildman–Crippen LogP) is 8.00. The van der Waals surface area contributed by atoms with Gasteiger partial charge in [-0.15, -0.1) is 0 Å². The van der Waals surface area contributed by atoms with Gasteiger partial charge in [0.15, 0.2) is 0 Å². The Bertz CT molecular complexity index is 875. The highest BCUT2D eigenvalue weighted by atomic mass is 19.4. The van der Waals surface area contributed by atoms with Crippen molar-refractivity contribution in [3.8, 4) is 0 Å². The minimum absolute atomic E-state index is 0.287. The summed E-state index contributed by atoms with van der Waals surface area (Å²) >= 11 is 0. The first-order valence-electron chi connectivity index (χ1n) is 9.45. The van der Waals surface area contributed by atoms with Gasteiger partial charge in [0.2, 0.25) is 0 Å². The van der Waals surface area contributed by atoms with Crippen molar-refractivity contribution in [3.63, 3.8) is 0 Å². The molecule has 35 heavy (non-hydrogen) atoms. The number of benzene rings is 1. The second-order valence-corrected chi connectivity index (χ2v) is 7.77. The van der Waals surface area contributed by atoms with Crippen LogP contribution in [0, 0.1) is 0 Å². The van der Waals surface area contributed by atoms with E-state index in [9.17, 15) is 71.0 Å². The van der Waals surface area contributed by atoms with Crippen molar-refractivity contribution in [2.45, 2.75) is 80.4 Å². The molecular formula is C19H17F15O. The van der Waals surface area contributed by atoms with Crippen LogP contribution in [0.4, 0.5) is 65.9 Å². The number of hydrogen-bond acceptors (Lipinski definition) is 1. The normalized spacial score (nSPS) is 16.9. The number of hydrogen-bond donors (Lipinski definition) is 1. The molecule has 1 nitrogen and oxygen atoms in total. The Hall–Kier alpha value is -1.87. The van der Waals surface area contributed by atoms with E-state index in [4.69, 9.17) is 0 Å². The summed E-state index contributed by atoms with van der Waals surface area (Å²) in [4.78, 5) is 0. The maximum atomic E-state index is 14.0. The fourth-order valence-corrected chi connectivity index (χ4v) is 2.80. The van der Waals surface area contributed by atoms with Gasteiger partial charge in [-0.25, -0.2) is 0 Å². The number of alkyl halides is 15. The molecule has 1 N–H and O–H groups in total. The van der Waals surface area contributed by atoms with Gasteiger partial charge in [-0.1, -0.05) is 38.1 Å². The highest BCUT2D eigenvalue weighted by molar-refractivity contribution is 5.28. The van der Waals surface area contributed by atoms with Crippen molar-refractivity contribution in [2.24, 2.45) is 0 Å². The van der Waals surface area contributed by atoms with Gasteiger partial charge in [0.05, 0.1) is 6.10 Å². The van der Waals surface area contributed by atoms with Crippen molar-refractivity contribution in [1.29, 1.82) is 0 Å². The van der Waals surface area contributed by atoms with E-state index in [0.29, 0.717) is 12.0 Å². The molecule has 0 spiro atoms. The van der Waals surface area contributed by atoms with Crippen molar-refractivity contribution in [2.75, 3.05) is 0 Å². The Kier molecular flexibility index (Phi) is 8.20. The Morgan fingerprint density at radius 3 is 1.49 bits per heavy atom. The molecule has 204 valence electrons. The zero-order valence-electron chi connectivity index (χ0n) is 17.5. The first kappa shape index (κ1) is 31.2. The van der Waals surface area contributed by atoms with Gasteiger partial charge in [-0.2, -0.15) is 65.9 Å². The Balaban J connectivity index is 3.44. The van der Waals surface area contributed by atoms with Gasteiger partial charge in [-0.3, -0.25) is 0 Å². The van der Waals surface area contributed by atoms with Crippen LogP contribution in [0.15, 0.2) is 24.3 Å². The van der Waals surface area contributed by atoms with Gasteiger partial charge in [0, 0.05) is 6.42 Å². The fraction of sp³-hybridized carbons (Fsp3) is 0.684. The number of halogens is 15. The highest BCUT2D eigenvalue weighted by Gasteiger charge is 2.93. The number of aliphatic hydroxyl groups excluding tert-OH is 1. The molecule has 0 aliphatic rings. The molecule has 0 bridgehead atoms. The standard InChI is InChI=1S/C19H17F15O/c1-3-9(2)10-5-4-6-11(7-10)12(35)8-13(20,21)14(22,23)15(24,25)16(26,27)17(28,29)18(30,31)19(32,33)34/h4-7,9,12,35H,3,8H2,1-2H3. The van der Waals surface area contributed by atoms with Crippen LogP contribution in [-0.2, 0) is 0 Å². The van der Waals surface area contributed by atoms with Crippen molar-refractivity contribution >= 4 is 0 Å². The molecule has 0 aliphatic carbocycles. The molecule has 2 atom stereocenters. The SMILES string of the molecule is CCC(C)c1cccc(C(O)CC(F)(F)C(F)(F)C(F)(F)C(F)(F)C(F)(F)C(F)(F)C(F)(F)F)c1. The van der Waals surface area contributed by atoms with E-state index < -0.39 is 59.8 Å². The van der Waals surface area contributed by atoms with Gasteiger partial charge < -0.3 is 5.11 Å². The van der Waals surface area contributed by atoms with Crippen LogP contribution in [0.25, 0.3) is 0 Å². The first-order chi connectivity index (χ1) is 15.3. The zero-order valence-corrected chi connectivity index (χ0v) is 17.5. The molecule has 0 radical (unpaired) electrons. The van der Waals surface area contributed by atoms with Gasteiger partial charge in [-0.05, 0) is 23.5 Å². The Morgan fingerprint density at radius 1 is 0.657 bits per heavy atom. The third-order valence-corrected chi connectivity index (χ3v) is 5.32. The van der Waals surface area contributed by atoms with Crippen LogP contribution < -0.4 is 0 Å². The third-order valence-electron chi connectivity index (χ3n) is 5.32. The van der Waals surface area contributed by atoms with E-state index in [1.165, 1.54) is 6.07 Å². The smallest absolute Gasteiger partial charge is 0.388 e. The molecule has 2 unspecified atom stereocenters. The Morgan fingerprint density at radius 2 is 1.06 bits per heavy atom. The zero-order chi connectivity index (χ0) is 28.1. The molecular weight excluding hydrogens is 529 g/mol. The summed E-state index contributed by atoms with van der Waals surface area (Å²) in [5.74, 6) is -47.2. The van der Waals surface area contributed by atoms with Gasteiger partial charge in [0.1, 0.15) is 0 Å². The summed E-state index contributed by atoms with van der Waals surface area (Å²) in [5, 5.41) is 9.80. The molecule has 0 heterocycles. The molecule has 0 saturated carbocycles. The third kappa shape index (κ3) is 4.90. The quantitative estimate of drug-likeness (QED) is 0.295. The predicted molar refractivity (Wildman–Crippen MR) is 90.5 cm³/mol. The van der Waals surface area contributed by atoms with Crippen molar-refractivity contribution in [1.82, 2.24) is 0 Å². The number of aliphatic hydroxyl groups is 1. The van der Waals surface area contributed by atoms with Gasteiger partial charge >= 0.3 is 41.7 Å². The van der Waals surface area contributed by atoms with Crippen LogP contribution >= 0.6 is 0 Å². The first-order valence-corrected chi connectivity index (χ1v) is 9.45. The lowest BCUT2D eigenvalue weighted by atomic mass is 9.88. The van der Waals surface area contributed by atoms with E-state index in [-0.39, 0.29) is 5.92 Å². The summed E-state index contributed by atoms with van der Waals surface area (Å²) in [6.07, 6.45) is -12.8. The number of rotatable bonds is 10. The highest BCUT2D eigenvalue weighted by Crippen LogP contribution is 2.63. The largest absolute Gasteiger partial charge is 0.460 e. The maximum Gasteiger partial charge on any atom is 0.460 e. The fourth-order valence-electron chi connectivity index (χ4n) is 2.80. The second kappa shape index (κ2) is 9.21. The monoisotopic (exact) mass is 546 g/mol. The Labute approximate surface area is 187 Å². The molecule has 1 aromatic carbocycles. The average Bonchev–Trinajstić information content (AvgIpc) is 2.71. The van der Waals surface area contributed by atoms with Crippen LogP contribution in [0.2, 0.25) is 0 Å². The van der Waals surface area contributed by atoms with E-state index in [1.54, 1.807) is 13.8 Å².